The maximum atomic E-state index is 9.01. The highest BCUT2D eigenvalue weighted by Crippen LogP contribution is 2.22. The Kier molecular flexibility index (Phi) is 4.55. The topological polar surface area (TPSA) is 55.5 Å². The smallest absolute Gasteiger partial charge is 0.119 e. The first-order valence-electron chi connectivity index (χ1n) is 6.37. The molecule has 2 aromatic rings. The Bertz CT molecular complexity index is 503. The van der Waals surface area contributed by atoms with Crippen LogP contribution in [0.15, 0.2) is 48.5 Å². The molecule has 0 saturated carbocycles. The number of benzene rings is 2. The first-order chi connectivity index (χ1) is 9.19. The highest BCUT2D eigenvalue weighted by Gasteiger charge is 2.00. The van der Waals surface area contributed by atoms with Gasteiger partial charge in [-0.3, -0.25) is 0 Å². The van der Waals surface area contributed by atoms with E-state index < -0.39 is 0 Å². The SMILES string of the molecule is CC(N)COc1ccc(-c2ccc(CO)cc2)cc1. The molecule has 2 aromatic carbocycles. The minimum atomic E-state index is 0.0331. The summed E-state index contributed by atoms with van der Waals surface area (Å²) in [6.45, 7) is 2.51. The molecule has 100 valence electrons. The zero-order valence-corrected chi connectivity index (χ0v) is 11.0. The van der Waals surface area contributed by atoms with Crippen LogP contribution in [0.3, 0.4) is 0 Å². The van der Waals surface area contributed by atoms with Crippen LogP contribution in [0.5, 0.6) is 5.75 Å². The maximum absolute atomic E-state index is 9.01. The Hall–Kier alpha value is -1.84. The van der Waals surface area contributed by atoms with Gasteiger partial charge in [-0.05, 0) is 35.7 Å². The van der Waals surface area contributed by atoms with Gasteiger partial charge < -0.3 is 15.6 Å². The van der Waals surface area contributed by atoms with Gasteiger partial charge in [0.05, 0.1) is 6.61 Å². The third kappa shape index (κ3) is 3.81. The molecule has 19 heavy (non-hydrogen) atoms. The van der Waals surface area contributed by atoms with Gasteiger partial charge in [0.15, 0.2) is 0 Å². The van der Waals surface area contributed by atoms with Gasteiger partial charge in [0.2, 0.25) is 0 Å². The van der Waals surface area contributed by atoms with Gasteiger partial charge in [0.1, 0.15) is 12.4 Å². The first-order valence-corrected chi connectivity index (χ1v) is 6.37. The predicted molar refractivity (Wildman–Crippen MR) is 76.9 cm³/mol. The number of rotatable bonds is 5. The van der Waals surface area contributed by atoms with Crippen molar-refractivity contribution in [3.63, 3.8) is 0 Å². The Balaban J connectivity index is 2.08. The predicted octanol–water partition coefficient (Wildman–Crippen LogP) is 2.57. The van der Waals surface area contributed by atoms with Gasteiger partial charge >= 0.3 is 0 Å². The van der Waals surface area contributed by atoms with E-state index in [0.29, 0.717) is 6.61 Å². The van der Waals surface area contributed by atoms with E-state index in [2.05, 4.69) is 0 Å². The van der Waals surface area contributed by atoms with E-state index in [-0.39, 0.29) is 12.6 Å². The summed E-state index contributed by atoms with van der Waals surface area (Å²) >= 11 is 0. The van der Waals surface area contributed by atoms with Crippen LogP contribution in [0.1, 0.15) is 12.5 Å². The van der Waals surface area contributed by atoms with Crippen molar-refractivity contribution in [2.24, 2.45) is 5.73 Å². The van der Waals surface area contributed by atoms with Gasteiger partial charge in [-0.15, -0.1) is 0 Å². The van der Waals surface area contributed by atoms with E-state index in [1.54, 1.807) is 0 Å². The fourth-order valence-electron chi connectivity index (χ4n) is 1.77. The average molecular weight is 257 g/mol. The lowest BCUT2D eigenvalue weighted by molar-refractivity contribution is 0.282. The second-order valence-electron chi connectivity index (χ2n) is 4.67. The Labute approximate surface area is 113 Å². The molecule has 0 spiro atoms. The van der Waals surface area contributed by atoms with Crippen molar-refractivity contribution in [1.82, 2.24) is 0 Å². The minimum Gasteiger partial charge on any atom is -0.492 e. The van der Waals surface area contributed by atoms with Gasteiger partial charge in [-0.1, -0.05) is 36.4 Å². The zero-order valence-electron chi connectivity index (χ0n) is 11.0. The van der Waals surface area contributed by atoms with Crippen molar-refractivity contribution in [1.29, 1.82) is 0 Å². The Morgan fingerprint density at radius 2 is 1.53 bits per heavy atom. The molecule has 0 saturated heterocycles. The summed E-state index contributed by atoms with van der Waals surface area (Å²) in [5.74, 6) is 0.827. The van der Waals surface area contributed by atoms with Crippen LogP contribution in [0.4, 0.5) is 0 Å². The molecule has 0 fully saturated rings. The average Bonchev–Trinajstić information content (AvgIpc) is 2.46. The summed E-state index contributed by atoms with van der Waals surface area (Å²) in [7, 11) is 0. The van der Waals surface area contributed by atoms with Gasteiger partial charge in [-0.25, -0.2) is 0 Å². The van der Waals surface area contributed by atoms with Crippen LogP contribution in [0, 0.1) is 0 Å². The van der Waals surface area contributed by atoms with Crippen LogP contribution in [-0.4, -0.2) is 17.8 Å². The summed E-state index contributed by atoms with van der Waals surface area (Å²) in [4.78, 5) is 0. The van der Waals surface area contributed by atoms with Crippen molar-refractivity contribution in [2.45, 2.75) is 19.6 Å². The van der Waals surface area contributed by atoms with Gasteiger partial charge in [0.25, 0.3) is 0 Å². The van der Waals surface area contributed by atoms with E-state index in [1.165, 1.54) is 0 Å². The molecule has 0 aliphatic carbocycles. The normalized spacial score (nSPS) is 12.2. The summed E-state index contributed by atoms with van der Waals surface area (Å²) < 4.78 is 5.54. The van der Waals surface area contributed by atoms with E-state index in [0.717, 1.165) is 22.4 Å². The molecule has 1 atom stereocenters. The molecule has 0 radical (unpaired) electrons. The van der Waals surface area contributed by atoms with Gasteiger partial charge in [0, 0.05) is 6.04 Å². The molecular weight excluding hydrogens is 238 g/mol. The fraction of sp³-hybridized carbons (Fsp3) is 0.250. The summed E-state index contributed by atoms with van der Waals surface area (Å²) in [5, 5.41) is 9.01. The van der Waals surface area contributed by atoms with Crippen LogP contribution in [-0.2, 0) is 6.61 Å². The molecule has 0 amide bonds. The van der Waals surface area contributed by atoms with E-state index in [9.17, 15) is 0 Å². The monoisotopic (exact) mass is 257 g/mol. The Morgan fingerprint density at radius 1 is 1.00 bits per heavy atom. The van der Waals surface area contributed by atoms with Crippen molar-refractivity contribution in [3.05, 3.63) is 54.1 Å². The van der Waals surface area contributed by atoms with Crippen molar-refractivity contribution >= 4 is 0 Å². The number of ether oxygens (including phenoxy) is 1. The molecule has 0 aromatic heterocycles. The maximum Gasteiger partial charge on any atom is 0.119 e. The lowest BCUT2D eigenvalue weighted by Crippen LogP contribution is -2.23. The standard InChI is InChI=1S/C16H19NO2/c1-12(17)11-19-16-8-6-15(7-9-16)14-4-2-13(10-18)3-5-14/h2-9,12,18H,10-11,17H2,1H3. The quantitative estimate of drug-likeness (QED) is 0.865. The molecule has 3 heteroatoms. The van der Waals surface area contributed by atoms with E-state index >= 15 is 0 Å². The number of nitrogens with two attached hydrogens (primary N) is 1. The molecular formula is C16H19NO2. The third-order valence-electron chi connectivity index (χ3n) is 2.84. The number of hydrogen-bond donors (Lipinski definition) is 2. The lowest BCUT2D eigenvalue weighted by atomic mass is 10.0. The van der Waals surface area contributed by atoms with Crippen LogP contribution >= 0.6 is 0 Å². The summed E-state index contributed by atoms with van der Waals surface area (Å²) in [6.07, 6.45) is 0. The van der Waals surface area contributed by atoms with E-state index in [4.69, 9.17) is 15.6 Å². The third-order valence-corrected chi connectivity index (χ3v) is 2.84. The molecule has 2 rings (SSSR count). The van der Waals surface area contributed by atoms with Crippen molar-refractivity contribution < 1.29 is 9.84 Å². The molecule has 0 aliphatic heterocycles. The molecule has 3 nitrogen and oxygen atoms in total. The molecule has 0 heterocycles. The van der Waals surface area contributed by atoms with Crippen LogP contribution in [0.2, 0.25) is 0 Å². The van der Waals surface area contributed by atoms with Crippen molar-refractivity contribution in [2.75, 3.05) is 6.61 Å². The Morgan fingerprint density at radius 3 is 2.00 bits per heavy atom. The minimum absolute atomic E-state index is 0.0331. The highest BCUT2D eigenvalue weighted by molar-refractivity contribution is 5.64. The summed E-state index contributed by atoms with van der Waals surface area (Å²) in [5.41, 5.74) is 8.80. The second-order valence-corrected chi connectivity index (χ2v) is 4.67. The lowest BCUT2D eigenvalue weighted by Gasteiger charge is -2.09. The molecule has 0 aliphatic rings. The first kappa shape index (κ1) is 13.6. The number of aliphatic hydroxyl groups is 1. The van der Waals surface area contributed by atoms with E-state index in [1.807, 2.05) is 55.5 Å². The number of aliphatic hydroxyl groups excluding tert-OH is 1. The molecule has 3 N–H and O–H groups in total. The molecule has 1 unspecified atom stereocenters. The number of hydrogen-bond acceptors (Lipinski definition) is 3. The molecule has 0 bridgehead atoms. The zero-order chi connectivity index (χ0) is 13.7. The van der Waals surface area contributed by atoms with Crippen LogP contribution in [0.25, 0.3) is 11.1 Å². The van der Waals surface area contributed by atoms with Crippen molar-refractivity contribution in [3.8, 4) is 16.9 Å². The second kappa shape index (κ2) is 6.36. The van der Waals surface area contributed by atoms with Crippen LogP contribution < -0.4 is 10.5 Å². The van der Waals surface area contributed by atoms with Gasteiger partial charge in [-0.2, -0.15) is 0 Å². The summed E-state index contributed by atoms with van der Waals surface area (Å²) in [6, 6.07) is 15.8. The largest absolute Gasteiger partial charge is 0.492 e. The highest BCUT2D eigenvalue weighted by atomic mass is 16.5. The fourth-order valence-corrected chi connectivity index (χ4v) is 1.77.